The van der Waals surface area contributed by atoms with Crippen molar-refractivity contribution in [2.24, 2.45) is 4.99 Å². The molecule has 0 aliphatic heterocycles. The summed E-state index contributed by atoms with van der Waals surface area (Å²) < 4.78 is 43.1. The number of carbonyl (C=O) groups excluding carboxylic acids is 1. The van der Waals surface area contributed by atoms with Crippen LogP contribution in [0.25, 0.3) is 11.1 Å². The second kappa shape index (κ2) is 5.81. The summed E-state index contributed by atoms with van der Waals surface area (Å²) in [6, 6.07) is 9.73. The number of aliphatic imine (C=N–C) groups is 1. The quantitative estimate of drug-likeness (QED) is 0.623. The van der Waals surface area contributed by atoms with Crippen molar-refractivity contribution in [1.82, 2.24) is 0 Å². The van der Waals surface area contributed by atoms with Gasteiger partial charge in [0.15, 0.2) is 0 Å². The van der Waals surface area contributed by atoms with E-state index in [2.05, 4.69) is 4.99 Å². The molecule has 0 heterocycles. The first-order chi connectivity index (χ1) is 9.95. The number of ether oxygens (including phenoxy) is 1. The Balaban J connectivity index is 2.54. The van der Waals surface area contributed by atoms with E-state index in [0.29, 0.717) is 16.9 Å². The van der Waals surface area contributed by atoms with Crippen molar-refractivity contribution in [2.75, 3.05) is 7.11 Å². The van der Waals surface area contributed by atoms with E-state index < -0.39 is 11.7 Å². The van der Waals surface area contributed by atoms with Crippen LogP contribution in [0, 0.1) is 0 Å². The summed E-state index contributed by atoms with van der Waals surface area (Å²) in [4.78, 5) is 13.8. The zero-order valence-electron chi connectivity index (χ0n) is 10.9. The molecule has 0 N–H and O–H groups in total. The lowest BCUT2D eigenvalue weighted by Crippen LogP contribution is -2.04. The molecule has 0 amide bonds. The van der Waals surface area contributed by atoms with Crippen molar-refractivity contribution in [3.8, 4) is 16.9 Å². The Morgan fingerprint density at radius 1 is 1.10 bits per heavy atom. The van der Waals surface area contributed by atoms with Gasteiger partial charge in [-0.15, -0.1) is 0 Å². The largest absolute Gasteiger partial charge is 0.497 e. The highest BCUT2D eigenvalue weighted by atomic mass is 19.4. The molecule has 0 unspecified atom stereocenters. The van der Waals surface area contributed by atoms with Crippen molar-refractivity contribution in [3.05, 3.63) is 48.0 Å². The van der Waals surface area contributed by atoms with Crippen molar-refractivity contribution >= 4 is 11.8 Å². The van der Waals surface area contributed by atoms with Gasteiger partial charge in [0.1, 0.15) is 5.75 Å². The molecular weight excluding hydrogens is 283 g/mol. The number of hydrogen-bond donors (Lipinski definition) is 0. The first-order valence-electron chi connectivity index (χ1n) is 5.89. The van der Waals surface area contributed by atoms with Gasteiger partial charge in [0.2, 0.25) is 6.08 Å². The van der Waals surface area contributed by atoms with Crippen molar-refractivity contribution in [3.63, 3.8) is 0 Å². The van der Waals surface area contributed by atoms with Gasteiger partial charge in [0.25, 0.3) is 0 Å². The monoisotopic (exact) mass is 293 g/mol. The molecule has 3 nitrogen and oxygen atoms in total. The molecule has 0 saturated carbocycles. The number of isocyanates is 1. The lowest BCUT2D eigenvalue weighted by molar-refractivity contribution is -0.137. The molecule has 2 aromatic carbocycles. The predicted molar refractivity (Wildman–Crippen MR) is 71.2 cm³/mol. The number of methoxy groups -OCH3 is 1. The van der Waals surface area contributed by atoms with Crippen LogP contribution in [-0.2, 0) is 11.0 Å². The van der Waals surface area contributed by atoms with E-state index in [1.807, 2.05) is 0 Å². The third-order valence-corrected chi connectivity index (χ3v) is 2.89. The number of benzene rings is 2. The summed E-state index contributed by atoms with van der Waals surface area (Å²) in [5.41, 5.74) is 0.0891. The lowest BCUT2D eigenvalue weighted by Gasteiger charge is -2.11. The van der Waals surface area contributed by atoms with E-state index >= 15 is 0 Å². The normalized spacial score (nSPS) is 10.9. The third-order valence-electron chi connectivity index (χ3n) is 2.89. The zero-order valence-corrected chi connectivity index (χ0v) is 10.9. The van der Waals surface area contributed by atoms with E-state index in [0.717, 1.165) is 12.1 Å². The lowest BCUT2D eigenvalue weighted by atomic mass is 10.0. The highest BCUT2D eigenvalue weighted by molar-refractivity contribution is 5.78. The maximum absolute atomic E-state index is 12.7. The Bertz CT molecular complexity index is 687. The van der Waals surface area contributed by atoms with Crippen LogP contribution in [0.1, 0.15) is 5.56 Å². The van der Waals surface area contributed by atoms with Crippen LogP contribution < -0.4 is 4.74 Å². The Hall–Kier alpha value is -2.59. The van der Waals surface area contributed by atoms with Gasteiger partial charge in [-0.3, -0.25) is 0 Å². The van der Waals surface area contributed by atoms with E-state index in [-0.39, 0.29) is 5.69 Å². The smallest absolute Gasteiger partial charge is 0.416 e. The maximum Gasteiger partial charge on any atom is 0.416 e. The topological polar surface area (TPSA) is 38.7 Å². The van der Waals surface area contributed by atoms with E-state index in [9.17, 15) is 18.0 Å². The van der Waals surface area contributed by atoms with Crippen molar-refractivity contribution in [1.29, 1.82) is 0 Å². The van der Waals surface area contributed by atoms with Gasteiger partial charge in [0.05, 0.1) is 18.4 Å². The Morgan fingerprint density at radius 2 is 1.76 bits per heavy atom. The van der Waals surface area contributed by atoms with Crippen molar-refractivity contribution < 1.29 is 22.7 Å². The molecule has 6 heteroatoms. The molecule has 21 heavy (non-hydrogen) atoms. The standard InChI is InChI=1S/C15H10F3NO2/c1-21-12-5-2-10(3-6-12)13-7-4-11(15(16,17)18)8-14(13)19-9-20/h2-8H,1H3. The van der Waals surface area contributed by atoms with Gasteiger partial charge in [-0.1, -0.05) is 18.2 Å². The zero-order chi connectivity index (χ0) is 15.5. The predicted octanol–water partition coefficient (Wildman–Crippen LogP) is 4.35. The first-order valence-corrected chi connectivity index (χ1v) is 5.89. The minimum absolute atomic E-state index is 0.0787. The molecule has 0 saturated heterocycles. The van der Waals surface area contributed by atoms with Crippen LogP contribution in [0.5, 0.6) is 5.75 Å². The summed E-state index contributed by atoms with van der Waals surface area (Å²) >= 11 is 0. The molecule has 0 fully saturated rings. The van der Waals surface area contributed by atoms with Crippen LogP contribution in [0.3, 0.4) is 0 Å². The first kappa shape index (κ1) is 14.8. The average Bonchev–Trinajstić information content (AvgIpc) is 2.47. The highest BCUT2D eigenvalue weighted by Crippen LogP contribution is 2.37. The Kier molecular flexibility index (Phi) is 4.10. The van der Waals surface area contributed by atoms with E-state index in [1.54, 1.807) is 24.3 Å². The molecule has 108 valence electrons. The fourth-order valence-corrected chi connectivity index (χ4v) is 1.86. The minimum atomic E-state index is -4.49. The summed E-state index contributed by atoms with van der Waals surface area (Å²) in [7, 11) is 1.51. The van der Waals surface area contributed by atoms with Crippen LogP contribution in [0.4, 0.5) is 18.9 Å². The maximum atomic E-state index is 12.7. The number of rotatable bonds is 3. The summed E-state index contributed by atoms with van der Waals surface area (Å²) in [5.74, 6) is 0.617. The fourth-order valence-electron chi connectivity index (χ4n) is 1.86. The Morgan fingerprint density at radius 3 is 2.29 bits per heavy atom. The van der Waals surface area contributed by atoms with Gasteiger partial charge < -0.3 is 4.74 Å². The molecule has 2 rings (SSSR count). The van der Waals surface area contributed by atoms with Crippen LogP contribution in [-0.4, -0.2) is 13.2 Å². The molecule has 0 spiro atoms. The molecular formula is C15H10F3NO2. The summed E-state index contributed by atoms with van der Waals surface area (Å²) in [6.07, 6.45) is -3.22. The molecule has 0 radical (unpaired) electrons. The molecule has 0 aliphatic carbocycles. The van der Waals surface area contributed by atoms with Gasteiger partial charge in [-0.2, -0.15) is 18.2 Å². The van der Waals surface area contributed by atoms with E-state index in [4.69, 9.17) is 4.74 Å². The summed E-state index contributed by atoms with van der Waals surface area (Å²) in [6.45, 7) is 0. The summed E-state index contributed by atoms with van der Waals surface area (Å²) in [5, 5.41) is 0. The number of hydrogen-bond acceptors (Lipinski definition) is 3. The van der Waals surface area contributed by atoms with Crippen molar-refractivity contribution in [2.45, 2.75) is 6.18 Å². The second-order valence-corrected chi connectivity index (χ2v) is 4.16. The van der Waals surface area contributed by atoms with Crippen LogP contribution in [0.15, 0.2) is 47.5 Å². The number of nitrogens with zero attached hydrogens (tertiary/aromatic N) is 1. The van der Waals surface area contributed by atoms with Crippen LogP contribution >= 0.6 is 0 Å². The second-order valence-electron chi connectivity index (χ2n) is 4.16. The van der Waals surface area contributed by atoms with Gasteiger partial charge in [-0.25, -0.2) is 4.79 Å². The highest BCUT2D eigenvalue weighted by Gasteiger charge is 2.31. The molecule has 0 aliphatic rings. The average molecular weight is 293 g/mol. The fraction of sp³-hybridized carbons (Fsp3) is 0.133. The van der Waals surface area contributed by atoms with Gasteiger partial charge >= 0.3 is 6.18 Å². The molecule has 0 bridgehead atoms. The molecule has 0 atom stereocenters. The number of alkyl halides is 3. The third kappa shape index (κ3) is 3.30. The molecule has 2 aromatic rings. The van der Waals surface area contributed by atoms with Gasteiger partial charge in [-0.05, 0) is 29.8 Å². The van der Waals surface area contributed by atoms with E-state index in [1.165, 1.54) is 19.3 Å². The molecule has 0 aromatic heterocycles. The Labute approximate surface area is 118 Å². The minimum Gasteiger partial charge on any atom is -0.497 e. The van der Waals surface area contributed by atoms with Gasteiger partial charge in [0, 0.05) is 5.56 Å². The SMILES string of the molecule is COc1ccc(-c2ccc(C(F)(F)F)cc2N=C=O)cc1. The van der Waals surface area contributed by atoms with Crippen LogP contribution in [0.2, 0.25) is 0 Å². The number of halogens is 3.